The van der Waals surface area contributed by atoms with Crippen molar-refractivity contribution in [1.82, 2.24) is 15.1 Å². The van der Waals surface area contributed by atoms with E-state index < -0.39 is 0 Å². The first kappa shape index (κ1) is 19.4. The smallest absolute Gasteiger partial charge is 0.323 e. The summed E-state index contributed by atoms with van der Waals surface area (Å²) < 4.78 is 0. The zero-order valence-electron chi connectivity index (χ0n) is 16.4. The second-order valence-electron chi connectivity index (χ2n) is 7.50. The Bertz CT molecular complexity index is 834. The number of urea groups is 1. The molecule has 2 heterocycles. The van der Waals surface area contributed by atoms with Crippen molar-refractivity contribution in [3.05, 3.63) is 60.2 Å². The molecule has 2 saturated heterocycles. The Morgan fingerprint density at radius 1 is 0.862 bits per heavy atom. The van der Waals surface area contributed by atoms with Gasteiger partial charge >= 0.3 is 6.03 Å². The maximum Gasteiger partial charge on any atom is 0.323 e. The second kappa shape index (κ2) is 9.07. The van der Waals surface area contributed by atoms with Gasteiger partial charge in [-0.2, -0.15) is 0 Å². The van der Waals surface area contributed by atoms with E-state index >= 15 is 0 Å². The summed E-state index contributed by atoms with van der Waals surface area (Å²) in [5.41, 5.74) is 2.03. The van der Waals surface area contributed by atoms with Crippen LogP contribution in [-0.2, 0) is 0 Å². The fourth-order valence-electron chi connectivity index (χ4n) is 3.97. The maximum atomic E-state index is 12.8. The minimum Gasteiger partial charge on any atom is -0.337 e. The summed E-state index contributed by atoms with van der Waals surface area (Å²) in [7, 11) is 0. The van der Waals surface area contributed by atoms with E-state index in [0.29, 0.717) is 17.3 Å². The van der Waals surface area contributed by atoms with Crippen molar-refractivity contribution in [3.8, 4) is 0 Å². The van der Waals surface area contributed by atoms with Crippen LogP contribution < -0.4 is 16.0 Å². The molecule has 4 rings (SSSR count). The number of piperazine rings is 1. The molecule has 2 aliphatic rings. The van der Waals surface area contributed by atoms with E-state index in [-0.39, 0.29) is 11.9 Å². The molecule has 0 radical (unpaired) electrons. The molecule has 3 N–H and O–H groups in total. The first-order chi connectivity index (χ1) is 14.2. The van der Waals surface area contributed by atoms with Gasteiger partial charge in [0.1, 0.15) is 0 Å². The third-order valence-corrected chi connectivity index (χ3v) is 5.54. The lowest BCUT2D eigenvalue weighted by atomic mass is 10.2. The van der Waals surface area contributed by atoms with Crippen LogP contribution >= 0.6 is 0 Å². The molecule has 0 bridgehead atoms. The number of hydrogen-bond donors (Lipinski definition) is 3. The van der Waals surface area contributed by atoms with Crippen LogP contribution in [0.4, 0.5) is 16.2 Å². The number of carbonyl (C=O) groups is 2. The van der Waals surface area contributed by atoms with Crippen LogP contribution in [0.1, 0.15) is 16.8 Å². The van der Waals surface area contributed by atoms with Gasteiger partial charge < -0.3 is 20.9 Å². The van der Waals surface area contributed by atoms with E-state index in [1.165, 1.54) is 0 Å². The van der Waals surface area contributed by atoms with Crippen LogP contribution in [0.15, 0.2) is 54.6 Å². The standard InChI is InChI=1S/C22H27N5O2/c28-21(27-13-10-20(16-27)26-14-11-23-12-15-26)17-6-8-19(9-7-17)25-22(29)24-18-4-2-1-3-5-18/h1-9,20,23H,10-16H2,(H2,24,25,29). The van der Waals surface area contributed by atoms with Crippen LogP contribution in [0.2, 0.25) is 0 Å². The molecule has 3 amide bonds. The van der Waals surface area contributed by atoms with Gasteiger partial charge in [0.25, 0.3) is 5.91 Å². The minimum absolute atomic E-state index is 0.0583. The van der Waals surface area contributed by atoms with Gasteiger partial charge in [0.05, 0.1) is 0 Å². The van der Waals surface area contributed by atoms with Gasteiger partial charge in [0.15, 0.2) is 0 Å². The van der Waals surface area contributed by atoms with Gasteiger partial charge in [-0.05, 0) is 42.8 Å². The highest BCUT2D eigenvalue weighted by molar-refractivity contribution is 6.00. The van der Waals surface area contributed by atoms with E-state index in [0.717, 1.165) is 51.4 Å². The largest absolute Gasteiger partial charge is 0.337 e. The number of likely N-dealkylation sites (tertiary alicyclic amines) is 1. The molecule has 0 saturated carbocycles. The molecule has 1 atom stereocenters. The lowest BCUT2D eigenvalue weighted by Gasteiger charge is -2.32. The number of rotatable bonds is 4. The number of nitrogens with one attached hydrogen (secondary N) is 3. The fourth-order valence-corrected chi connectivity index (χ4v) is 3.97. The second-order valence-corrected chi connectivity index (χ2v) is 7.50. The van der Waals surface area contributed by atoms with Crippen molar-refractivity contribution in [2.75, 3.05) is 49.9 Å². The summed E-state index contributed by atoms with van der Waals surface area (Å²) in [6.45, 7) is 5.75. The van der Waals surface area contributed by atoms with Crippen molar-refractivity contribution in [3.63, 3.8) is 0 Å². The summed E-state index contributed by atoms with van der Waals surface area (Å²) in [5.74, 6) is 0.0583. The van der Waals surface area contributed by atoms with Crippen molar-refractivity contribution in [2.45, 2.75) is 12.5 Å². The number of hydrogen-bond acceptors (Lipinski definition) is 4. The summed E-state index contributed by atoms with van der Waals surface area (Å²) in [5, 5.41) is 8.94. The highest BCUT2D eigenvalue weighted by Crippen LogP contribution is 2.20. The van der Waals surface area contributed by atoms with Crippen LogP contribution in [0.5, 0.6) is 0 Å². The number of amides is 3. The molecule has 0 aliphatic carbocycles. The number of para-hydroxylation sites is 1. The number of anilines is 2. The molecule has 7 nitrogen and oxygen atoms in total. The highest BCUT2D eigenvalue weighted by atomic mass is 16.2. The molecule has 29 heavy (non-hydrogen) atoms. The van der Waals surface area contributed by atoms with Crippen molar-refractivity contribution in [2.24, 2.45) is 0 Å². The third kappa shape index (κ3) is 4.93. The lowest BCUT2D eigenvalue weighted by molar-refractivity contribution is 0.0773. The van der Waals surface area contributed by atoms with Gasteiger partial charge in [-0.3, -0.25) is 9.69 Å². The van der Waals surface area contributed by atoms with Gasteiger partial charge in [0, 0.05) is 62.2 Å². The molecule has 2 aromatic carbocycles. The summed E-state index contributed by atoms with van der Waals surface area (Å²) in [6.07, 6.45) is 1.03. The minimum atomic E-state index is -0.311. The molecular formula is C22H27N5O2. The first-order valence-corrected chi connectivity index (χ1v) is 10.2. The Balaban J connectivity index is 1.30. The van der Waals surface area contributed by atoms with Crippen LogP contribution in [0.3, 0.4) is 0 Å². The summed E-state index contributed by atoms with van der Waals surface area (Å²) in [6, 6.07) is 16.5. The number of carbonyl (C=O) groups excluding carboxylic acids is 2. The number of nitrogens with zero attached hydrogens (tertiary/aromatic N) is 2. The van der Waals surface area contributed by atoms with E-state index in [1.54, 1.807) is 24.3 Å². The summed E-state index contributed by atoms with van der Waals surface area (Å²) >= 11 is 0. The zero-order chi connectivity index (χ0) is 20.1. The van der Waals surface area contributed by atoms with E-state index in [4.69, 9.17) is 0 Å². The maximum absolute atomic E-state index is 12.8. The SMILES string of the molecule is O=C(Nc1ccccc1)Nc1ccc(C(=O)N2CCC(N3CCNCC3)C2)cc1. The molecule has 0 spiro atoms. The van der Waals surface area contributed by atoms with Crippen LogP contribution in [0.25, 0.3) is 0 Å². The predicted molar refractivity (Wildman–Crippen MR) is 114 cm³/mol. The Labute approximate surface area is 171 Å². The van der Waals surface area contributed by atoms with Crippen LogP contribution in [0, 0.1) is 0 Å². The zero-order valence-corrected chi connectivity index (χ0v) is 16.4. The van der Waals surface area contributed by atoms with E-state index in [9.17, 15) is 9.59 Å². The molecule has 2 aromatic rings. The molecule has 7 heteroatoms. The predicted octanol–water partition coefficient (Wildman–Crippen LogP) is 2.45. The monoisotopic (exact) mass is 393 g/mol. The molecule has 0 aromatic heterocycles. The Hall–Kier alpha value is -2.90. The Morgan fingerprint density at radius 2 is 1.52 bits per heavy atom. The first-order valence-electron chi connectivity index (χ1n) is 10.2. The molecule has 152 valence electrons. The molecular weight excluding hydrogens is 366 g/mol. The van der Waals surface area contributed by atoms with Gasteiger partial charge in [-0.1, -0.05) is 18.2 Å². The van der Waals surface area contributed by atoms with E-state index in [1.807, 2.05) is 35.2 Å². The quantitative estimate of drug-likeness (QED) is 0.746. The van der Waals surface area contributed by atoms with Crippen LogP contribution in [-0.4, -0.2) is 67.0 Å². The number of benzene rings is 2. The summed E-state index contributed by atoms with van der Waals surface area (Å²) in [4.78, 5) is 29.4. The van der Waals surface area contributed by atoms with Crippen molar-refractivity contribution in [1.29, 1.82) is 0 Å². The van der Waals surface area contributed by atoms with Gasteiger partial charge in [-0.25, -0.2) is 4.79 Å². The van der Waals surface area contributed by atoms with Gasteiger partial charge in [0.2, 0.25) is 0 Å². The van der Waals surface area contributed by atoms with Crippen molar-refractivity contribution < 1.29 is 9.59 Å². The molecule has 2 aliphatic heterocycles. The van der Waals surface area contributed by atoms with Gasteiger partial charge in [-0.15, -0.1) is 0 Å². The average molecular weight is 393 g/mol. The third-order valence-electron chi connectivity index (χ3n) is 5.54. The molecule has 1 unspecified atom stereocenters. The lowest BCUT2D eigenvalue weighted by Crippen LogP contribution is -2.49. The highest BCUT2D eigenvalue weighted by Gasteiger charge is 2.31. The Kier molecular flexibility index (Phi) is 6.07. The fraction of sp³-hybridized carbons (Fsp3) is 0.364. The average Bonchev–Trinajstić information content (AvgIpc) is 3.25. The normalized spacial score (nSPS) is 19.7. The topological polar surface area (TPSA) is 76.7 Å². The Morgan fingerprint density at radius 3 is 2.21 bits per heavy atom. The van der Waals surface area contributed by atoms with Crippen molar-refractivity contribution >= 4 is 23.3 Å². The molecule has 2 fully saturated rings. The van der Waals surface area contributed by atoms with E-state index in [2.05, 4.69) is 20.9 Å².